The van der Waals surface area contributed by atoms with Crippen LogP contribution in [0.4, 0.5) is 23.5 Å². The molecule has 0 bridgehead atoms. The summed E-state index contributed by atoms with van der Waals surface area (Å²) in [6.45, 7) is 3.51. The van der Waals surface area contributed by atoms with Crippen molar-refractivity contribution < 1.29 is 22.3 Å². The Bertz CT molecular complexity index is 1410. The third-order valence-corrected chi connectivity index (χ3v) is 6.04. The van der Waals surface area contributed by atoms with E-state index in [2.05, 4.69) is 20.1 Å². The number of ether oxygens (including phenoxy) is 1. The second-order valence-electron chi connectivity index (χ2n) is 8.63. The molecule has 2 atom stereocenters. The maximum Gasteiger partial charge on any atom is 0.333 e. The number of hydrogen-bond acceptors (Lipinski definition) is 6. The maximum absolute atomic E-state index is 14.8. The van der Waals surface area contributed by atoms with Gasteiger partial charge in [-0.05, 0) is 44.5 Å². The lowest BCUT2D eigenvalue weighted by Gasteiger charge is -2.36. The number of alkyl halides is 2. The topological polar surface area (TPSA) is 69.0 Å². The van der Waals surface area contributed by atoms with E-state index in [-0.39, 0.29) is 24.2 Å². The van der Waals surface area contributed by atoms with E-state index in [1.54, 1.807) is 0 Å². The van der Waals surface area contributed by atoms with Crippen LogP contribution < -0.4 is 4.90 Å². The number of aromatic nitrogens is 5. The van der Waals surface area contributed by atoms with E-state index in [4.69, 9.17) is 4.74 Å². The van der Waals surface area contributed by atoms with Crippen molar-refractivity contribution in [2.75, 3.05) is 18.0 Å². The molecule has 0 spiro atoms. The molecular weight excluding hydrogens is 464 g/mol. The van der Waals surface area contributed by atoms with Gasteiger partial charge in [-0.15, -0.1) is 0 Å². The van der Waals surface area contributed by atoms with Crippen molar-refractivity contribution in [3.05, 3.63) is 65.1 Å². The molecule has 0 amide bonds. The Morgan fingerprint density at radius 1 is 1.06 bits per heavy atom. The Kier molecular flexibility index (Phi) is 5.87. The first-order valence-electron chi connectivity index (χ1n) is 11.0. The van der Waals surface area contributed by atoms with Gasteiger partial charge in [-0.1, -0.05) is 0 Å². The largest absolute Gasteiger partial charge is 0.367 e. The number of halogens is 4. The van der Waals surface area contributed by atoms with E-state index in [1.807, 2.05) is 31.7 Å². The molecule has 1 aromatic carbocycles. The van der Waals surface area contributed by atoms with Gasteiger partial charge in [0.2, 0.25) is 5.95 Å². The highest BCUT2D eigenvalue weighted by Gasteiger charge is 2.30. The first-order chi connectivity index (χ1) is 16.7. The quantitative estimate of drug-likeness (QED) is 0.372. The Morgan fingerprint density at radius 3 is 2.57 bits per heavy atom. The van der Waals surface area contributed by atoms with Crippen molar-refractivity contribution in [1.82, 2.24) is 24.7 Å². The average Bonchev–Trinajstić information content (AvgIpc) is 3.30. The van der Waals surface area contributed by atoms with Gasteiger partial charge < -0.3 is 9.64 Å². The molecule has 182 valence electrons. The second kappa shape index (κ2) is 8.88. The zero-order valence-electron chi connectivity index (χ0n) is 19.2. The van der Waals surface area contributed by atoms with E-state index in [1.165, 1.54) is 24.5 Å². The molecule has 3 aromatic heterocycles. The van der Waals surface area contributed by atoms with Crippen LogP contribution >= 0.6 is 0 Å². The van der Waals surface area contributed by atoms with Gasteiger partial charge >= 0.3 is 6.55 Å². The summed E-state index contributed by atoms with van der Waals surface area (Å²) in [4.78, 5) is 15.7. The van der Waals surface area contributed by atoms with Crippen molar-refractivity contribution in [2.24, 2.45) is 0 Å². The number of nitrogens with zero attached hydrogens (tertiary/aromatic N) is 6. The summed E-state index contributed by atoms with van der Waals surface area (Å²) in [5, 5.41) is 4.24. The molecule has 1 fully saturated rings. The van der Waals surface area contributed by atoms with Gasteiger partial charge in [0.1, 0.15) is 17.7 Å². The Hall–Kier alpha value is -3.60. The Labute approximate surface area is 198 Å². The third-order valence-electron chi connectivity index (χ3n) is 6.04. The fraction of sp³-hybridized carbons (Fsp3) is 0.333. The van der Waals surface area contributed by atoms with Crippen LogP contribution in [0.3, 0.4) is 0 Å². The smallest absolute Gasteiger partial charge is 0.333 e. The summed E-state index contributed by atoms with van der Waals surface area (Å²) in [6.07, 6.45) is 1.77. The fourth-order valence-corrected chi connectivity index (χ4v) is 4.19. The van der Waals surface area contributed by atoms with E-state index >= 15 is 0 Å². The number of morpholine rings is 1. The highest BCUT2D eigenvalue weighted by Crippen LogP contribution is 2.33. The minimum absolute atomic E-state index is 0.126. The summed E-state index contributed by atoms with van der Waals surface area (Å²) in [5.74, 6) is -1.15. The van der Waals surface area contributed by atoms with Gasteiger partial charge in [0.15, 0.2) is 5.65 Å². The second-order valence-corrected chi connectivity index (χ2v) is 8.63. The number of hydrogen-bond donors (Lipinski definition) is 0. The first kappa shape index (κ1) is 23.2. The molecule has 0 radical (unpaired) electrons. The van der Waals surface area contributed by atoms with Crippen LogP contribution in [-0.4, -0.2) is 43.9 Å². The molecule has 1 aliphatic heterocycles. The molecule has 7 nitrogen and oxygen atoms in total. The van der Waals surface area contributed by atoms with E-state index in [9.17, 15) is 17.6 Å². The van der Waals surface area contributed by atoms with Crippen LogP contribution in [0.2, 0.25) is 0 Å². The summed E-state index contributed by atoms with van der Waals surface area (Å²) >= 11 is 0. The zero-order valence-corrected chi connectivity index (χ0v) is 19.2. The molecule has 1 saturated heterocycles. The summed E-state index contributed by atoms with van der Waals surface area (Å²) < 4.78 is 61.0. The van der Waals surface area contributed by atoms with E-state index < -0.39 is 24.3 Å². The van der Waals surface area contributed by atoms with Crippen molar-refractivity contribution in [1.29, 1.82) is 0 Å². The lowest BCUT2D eigenvalue weighted by molar-refractivity contribution is -0.0181. The molecule has 0 aliphatic carbocycles. The van der Waals surface area contributed by atoms with Crippen LogP contribution in [0.15, 0.2) is 36.7 Å². The third kappa shape index (κ3) is 4.43. The maximum atomic E-state index is 14.8. The number of pyridine rings is 1. The molecule has 4 aromatic rings. The zero-order chi connectivity index (χ0) is 24.9. The van der Waals surface area contributed by atoms with Crippen LogP contribution in [-0.2, 0) is 4.74 Å². The molecule has 0 unspecified atom stereocenters. The molecular formula is C24H22F4N6O. The van der Waals surface area contributed by atoms with Crippen LogP contribution in [0, 0.1) is 25.5 Å². The van der Waals surface area contributed by atoms with Gasteiger partial charge in [-0.3, -0.25) is 0 Å². The van der Waals surface area contributed by atoms with Gasteiger partial charge in [0.05, 0.1) is 24.5 Å². The van der Waals surface area contributed by atoms with E-state index in [0.717, 1.165) is 17.3 Å². The Morgan fingerprint density at radius 2 is 1.86 bits per heavy atom. The van der Waals surface area contributed by atoms with Crippen molar-refractivity contribution in [3.63, 3.8) is 0 Å². The summed E-state index contributed by atoms with van der Waals surface area (Å²) in [7, 11) is 0. The molecule has 5 rings (SSSR count). The van der Waals surface area contributed by atoms with Gasteiger partial charge in [-0.25, -0.2) is 23.4 Å². The van der Waals surface area contributed by atoms with Gasteiger partial charge in [0, 0.05) is 41.0 Å². The number of fused-ring (bicyclic) bond motifs is 1. The number of benzene rings is 1. The van der Waals surface area contributed by atoms with E-state index in [0.29, 0.717) is 33.5 Å². The SMILES string of the molecule is Cc1cc2c(-c3ccc(F)cc3F)nc(N3C[C@H](C)O[C@@H](c4cnn(C(F)F)c4)C3)nc2nc1C. The minimum atomic E-state index is -2.75. The average molecular weight is 486 g/mol. The van der Waals surface area contributed by atoms with Crippen molar-refractivity contribution in [2.45, 2.75) is 39.5 Å². The normalized spacial score (nSPS) is 18.6. The predicted molar refractivity (Wildman–Crippen MR) is 121 cm³/mol. The molecule has 11 heteroatoms. The van der Waals surface area contributed by atoms with Crippen molar-refractivity contribution >= 4 is 17.0 Å². The summed E-state index contributed by atoms with van der Waals surface area (Å²) in [5.41, 5.74) is 2.93. The Balaban J connectivity index is 1.60. The van der Waals surface area contributed by atoms with Crippen LogP contribution in [0.25, 0.3) is 22.3 Å². The molecule has 0 N–H and O–H groups in total. The van der Waals surface area contributed by atoms with Gasteiger partial charge in [-0.2, -0.15) is 18.9 Å². The minimum Gasteiger partial charge on any atom is -0.367 e. The van der Waals surface area contributed by atoms with Gasteiger partial charge in [0.25, 0.3) is 0 Å². The number of aryl methyl sites for hydroxylation is 2. The van der Waals surface area contributed by atoms with Crippen LogP contribution in [0.5, 0.6) is 0 Å². The lowest BCUT2D eigenvalue weighted by atomic mass is 10.1. The lowest BCUT2D eigenvalue weighted by Crippen LogP contribution is -2.43. The van der Waals surface area contributed by atoms with Crippen LogP contribution in [0.1, 0.15) is 36.4 Å². The number of anilines is 1. The monoisotopic (exact) mass is 486 g/mol. The molecule has 1 aliphatic rings. The first-order valence-corrected chi connectivity index (χ1v) is 11.0. The molecule has 0 saturated carbocycles. The fourth-order valence-electron chi connectivity index (χ4n) is 4.19. The standard InChI is InChI=1S/C24H22F4N6O/c1-12-6-18-21(17-5-4-16(25)7-19(17)26)31-24(32-22(18)30-14(12)3)33-9-13(2)35-20(11-33)15-8-29-34(10-15)23(27)28/h4-8,10,13,20,23H,9,11H2,1-3H3/t13-,20+/m0/s1. The molecule has 35 heavy (non-hydrogen) atoms. The highest BCUT2D eigenvalue weighted by atomic mass is 19.3. The highest BCUT2D eigenvalue weighted by molar-refractivity contribution is 5.92. The van der Waals surface area contributed by atoms with Crippen molar-refractivity contribution in [3.8, 4) is 11.3 Å². The number of rotatable bonds is 4. The molecule has 4 heterocycles. The summed E-state index contributed by atoms with van der Waals surface area (Å²) in [6, 6.07) is 5.16. The predicted octanol–water partition coefficient (Wildman–Crippen LogP) is 5.14.